The number of amides is 1. The number of rotatable bonds is 7. The minimum atomic E-state index is -3.34. The van der Waals surface area contributed by atoms with E-state index in [4.69, 9.17) is 16.3 Å². The number of sulfonamides is 1. The van der Waals surface area contributed by atoms with Crippen LogP contribution in [0.3, 0.4) is 0 Å². The van der Waals surface area contributed by atoms with Crippen molar-refractivity contribution in [2.24, 2.45) is 11.8 Å². The summed E-state index contributed by atoms with van der Waals surface area (Å²) in [5.74, 6) is 0.784. The fourth-order valence-corrected chi connectivity index (χ4v) is 5.28. The van der Waals surface area contributed by atoms with Crippen LogP contribution in [0.25, 0.3) is 11.3 Å². The number of anilines is 2. The summed E-state index contributed by atoms with van der Waals surface area (Å²) in [6.45, 7) is 2.96. The van der Waals surface area contributed by atoms with Crippen LogP contribution in [0, 0.1) is 11.8 Å². The monoisotopic (exact) mass is 508 g/mol. The molecule has 1 amide bonds. The Morgan fingerprint density at radius 2 is 2.00 bits per heavy atom. The van der Waals surface area contributed by atoms with Crippen molar-refractivity contribution in [3.8, 4) is 11.3 Å². The van der Waals surface area contributed by atoms with Gasteiger partial charge in [-0.2, -0.15) is 0 Å². The summed E-state index contributed by atoms with van der Waals surface area (Å²) >= 11 is 6.39. The summed E-state index contributed by atoms with van der Waals surface area (Å²) in [6.07, 6.45) is 9.17. The molecule has 0 aromatic carbocycles. The minimum absolute atomic E-state index is 0.164. The lowest BCUT2D eigenvalue weighted by atomic mass is 9.99. The number of aromatic nitrogens is 3. The molecule has 12 heteroatoms. The molecule has 2 saturated heterocycles. The van der Waals surface area contributed by atoms with E-state index in [1.807, 2.05) is 0 Å². The van der Waals surface area contributed by atoms with Crippen molar-refractivity contribution in [2.75, 3.05) is 49.7 Å². The molecule has 1 atom stereocenters. The predicted molar refractivity (Wildman–Crippen MR) is 130 cm³/mol. The predicted octanol–water partition coefficient (Wildman–Crippen LogP) is 2.64. The highest BCUT2D eigenvalue weighted by atomic mass is 35.5. The molecule has 0 radical (unpaired) electrons. The summed E-state index contributed by atoms with van der Waals surface area (Å²) < 4.78 is 30.5. The van der Waals surface area contributed by atoms with Gasteiger partial charge in [-0.05, 0) is 37.7 Å². The number of halogens is 1. The second-order valence-electron chi connectivity index (χ2n) is 8.73. The minimum Gasteiger partial charge on any atom is -0.381 e. The van der Waals surface area contributed by atoms with Crippen LogP contribution in [0.4, 0.5) is 11.6 Å². The number of carbonyl (C=O) groups excluding carboxylic acids is 1. The molecule has 0 spiro atoms. The van der Waals surface area contributed by atoms with E-state index < -0.39 is 15.9 Å². The zero-order valence-electron chi connectivity index (χ0n) is 19.0. The Balaban J connectivity index is 1.44. The number of ether oxygens (including phenoxy) is 1. The molecule has 0 bridgehead atoms. The molecule has 0 aliphatic carbocycles. The second kappa shape index (κ2) is 10.9. The average molecular weight is 509 g/mol. The van der Waals surface area contributed by atoms with Gasteiger partial charge in [0.05, 0.1) is 35.3 Å². The average Bonchev–Trinajstić information content (AvgIpc) is 2.84. The lowest BCUT2D eigenvalue weighted by molar-refractivity contribution is -0.120. The van der Waals surface area contributed by atoms with E-state index >= 15 is 0 Å². The topological polar surface area (TPSA) is 126 Å². The summed E-state index contributed by atoms with van der Waals surface area (Å²) in [5, 5.41) is 6.52. The van der Waals surface area contributed by atoms with Crippen molar-refractivity contribution in [2.45, 2.75) is 25.7 Å². The molecule has 2 aliphatic rings. The van der Waals surface area contributed by atoms with Gasteiger partial charge in [0.15, 0.2) is 0 Å². The van der Waals surface area contributed by atoms with E-state index in [1.54, 1.807) is 18.5 Å². The van der Waals surface area contributed by atoms with Gasteiger partial charge in [-0.3, -0.25) is 9.78 Å². The summed E-state index contributed by atoms with van der Waals surface area (Å²) in [7, 11) is -3.34. The highest BCUT2D eigenvalue weighted by molar-refractivity contribution is 7.88. The zero-order chi connectivity index (χ0) is 24.1. The van der Waals surface area contributed by atoms with Crippen molar-refractivity contribution in [1.82, 2.24) is 19.3 Å². The number of nitrogens with one attached hydrogen (secondary N) is 2. The van der Waals surface area contributed by atoms with Crippen LogP contribution in [0.5, 0.6) is 0 Å². The number of piperidine rings is 1. The number of hydrogen-bond donors (Lipinski definition) is 2. The van der Waals surface area contributed by atoms with Gasteiger partial charge in [-0.1, -0.05) is 11.6 Å². The third-order valence-corrected chi connectivity index (χ3v) is 7.72. The first-order valence-corrected chi connectivity index (χ1v) is 13.6. The fraction of sp³-hybridized carbons (Fsp3) is 0.545. The number of pyridine rings is 1. The maximum atomic E-state index is 12.8. The van der Waals surface area contributed by atoms with Gasteiger partial charge in [-0.15, -0.1) is 0 Å². The lowest BCUT2D eigenvalue weighted by Crippen LogP contribution is -2.43. The van der Waals surface area contributed by atoms with Gasteiger partial charge in [0.2, 0.25) is 15.9 Å². The number of hydrogen-bond acceptors (Lipinski definition) is 8. The zero-order valence-corrected chi connectivity index (χ0v) is 20.6. The molecular formula is C22H29ClN6O4S. The van der Waals surface area contributed by atoms with E-state index in [9.17, 15) is 13.2 Å². The van der Waals surface area contributed by atoms with Crippen molar-refractivity contribution >= 4 is 39.2 Å². The summed E-state index contributed by atoms with van der Waals surface area (Å²) in [6, 6.07) is 1.66. The highest BCUT2D eigenvalue weighted by Gasteiger charge is 2.30. The van der Waals surface area contributed by atoms with E-state index in [0.717, 1.165) is 38.9 Å². The van der Waals surface area contributed by atoms with E-state index in [-0.39, 0.29) is 12.5 Å². The van der Waals surface area contributed by atoms with Crippen LogP contribution in [0.2, 0.25) is 5.02 Å². The molecule has 4 rings (SSSR count). The van der Waals surface area contributed by atoms with Gasteiger partial charge in [0, 0.05) is 44.6 Å². The molecule has 4 heterocycles. The maximum absolute atomic E-state index is 12.8. The van der Waals surface area contributed by atoms with Gasteiger partial charge >= 0.3 is 0 Å². The molecule has 2 aromatic heterocycles. The molecular weight excluding hydrogens is 480 g/mol. The van der Waals surface area contributed by atoms with E-state index in [1.165, 1.54) is 10.5 Å². The first kappa shape index (κ1) is 24.8. The third-order valence-electron chi connectivity index (χ3n) is 6.15. The van der Waals surface area contributed by atoms with Crippen molar-refractivity contribution < 1.29 is 17.9 Å². The lowest BCUT2D eigenvalue weighted by Gasteiger charge is -2.30. The SMILES string of the molecule is CS(=O)(=O)N1CCC[C@@H](C(=O)Nc2cc(-c3cncc(NCC4CCOCC4)n3)c(Cl)cn2)C1. The van der Waals surface area contributed by atoms with Crippen LogP contribution in [-0.4, -0.2) is 72.7 Å². The molecule has 34 heavy (non-hydrogen) atoms. The first-order chi connectivity index (χ1) is 16.3. The standard InChI is InChI=1S/C22H29ClN6O4S/c1-34(31,32)29-6-2-3-16(14-29)22(30)28-20-9-17(18(23)11-26-20)19-12-24-13-21(27-19)25-10-15-4-7-33-8-5-15/h9,11-13,15-16H,2-8,10,14H2,1H3,(H,25,27)(H,26,28,30)/t16-/m1/s1. The Labute approximate surface area is 204 Å². The van der Waals surface area contributed by atoms with Crippen LogP contribution < -0.4 is 10.6 Å². The van der Waals surface area contributed by atoms with Crippen molar-refractivity contribution in [1.29, 1.82) is 0 Å². The van der Waals surface area contributed by atoms with Gasteiger partial charge in [-0.25, -0.2) is 22.7 Å². The van der Waals surface area contributed by atoms with E-state index in [0.29, 0.717) is 53.2 Å². The Bertz CT molecular complexity index is 1130. The molecule has 2 aliphatic heterocycles. The normalized spacial score (nSPS) is 20.1. The summed E-state index contributed by atoms with van der Waals surface area (Å²) in [4.78, 5) is 25.9. The number of nitrogens with zero attached hydrogens (tertiary/aromatic N) is 4. The smallest absolute Gasteiger partial charge is 0.229 e. The van der Waals surface area contributed by atoms with E-state index in [2.05, 4.69) is 25.6 Å². The van der Waals surface area contributed by atoms with Gasteiger partial charge < -0.3 is 15.4 Å². The Kier molecular flexibility index (Phi) is 7.97. The first-order valence-electron chi connectivity index (χ1n) is 11.3. The molecule has 2 aromatic rings. The fourth-order valence-electron chi connectivity index (χ4n) is 4.17. The highest BCUT2D eigenvalue weighted by Crippen LogP contribution is 2.29. The van der Waals surface area contributed by atoms with Gasteiger partial charge in [0.25, 0.3) is 0 Å². The molecule has 10 nitrogen and oxygen atoms in total. The van der Waals surface area contributed by atoms with Crippen LogP contribution in [0.15, 0.2) is 24.7 Å². The Morgan fingerprint density at radius 1 is 1.21 bits per heavy atom. The van der Waals surface area contributed by atoms with Crippen LogP contribution in [-0.2, 0) is 19.6 Å². The Hall–Kier alpha value is -2.34. The molecule has 0 saturated carbocycles. The maximum Gasteiger partial charge on any atom is 0.229 e. The molecule has 184 valence electrons. The molecule has 2 N–H and O–H groups in total. The third kappa shape index (κ3) is 6.41. The largest absolute Gasteiger partial charge is 0.381 e. The molecule has 0 unspecified atom stereocenters. The summed E-state index contributed by atoms with van der Waals surface area (Å²) in [5.41, 5.74) is 1.15. The van der Waals surface area contributed by atoms with Gasteiger partial charge in [0.1, 0.15) is 11.6 Å². The van der Waals surface area contributed by atoms with Crippen LogP contribution in [0.1, 0.15) is 25.7 Å². The van der Waals surface area contributed by atoms with Crippen LogP contribution >= 0.6 is 11.6 Å². The Morgan fingerprint density at radius 3 is 2.76 bits per heavy atom. The number of carbonyl (C=O) groups is 1. The molecule has 2 fully saturated rings. The quantitative estimate of drug-likeness (QED) is 0.584. The van der Waals surface area contributed by atoms with Crippen molar-refractivity contribution in [3.63, 3.8) is 0 Å². The van der Waals surface area contributed by atoms with Crippen molar-refractivity contribution in [3.05, 3.63) is 29.7 Å². The second-order valence-corrected chi connectivity index (χ2v) is 11.1.